The fraction of sp³-hybridized carbons (Fsp3) is 0.500. The van der Waals surface area contributed by atoms with Gasteiger partial charge in [0.15, 0.2) is 0 Å². The molecule has 0 amide bonds. The van der Waals surface area contributed by atoms with E-state index in [0.717, 1.165) is 40.4 Å². The van der Waals surface area contributed by atoms with Crippen molar-refractivity contribution in [1.29, 1.82) is 0 Å². The number of halogens is 2. The van der Waals surface area contributed by atoms with Gasteiger partial charge in [-0.25, -0.2) is 0 Å². The lowest BCUT2D eigenvalue weighted by atomic mass is 10.1. The van der Waals surface area contributed by atoms with Crippen molar-refractivity contribution in [3.8, 4) is 0 Å². The molecule has 0 aromatic heterocycles. The van der Waals surface area contributed by atoms with Crippen molar-refractivity contribution in [2.24, 2.45) is 0 Å². The zero-order valence-corrected chi connectivity index (χ0v) is 12.6. The lowest BCUT2D eigenvalue weighted by Crippen LogP contribution is -2.35. The largest absolute Gasteiger partial charge is 0.310 e. The van der Waals surface area contributed by atoms with Crippen LogP contribution in [0.25, 0.3) is 0 Å². The van der Waals surface area contributed by atoms with Crippen molar-refractivity contribution in [2.45, 2.75) is 25.4 Å². The maximum Gasteiger partial charge on any atom is 0.0548 e. The maximum absolute atomic E-state index is 11.2. The Kier molecular flexibility index (Phi) is 5.03. The fourth-order valence-electron chi connectivity index (χ4n) is 1.91. The Morgan fingerprint density at radius 2 is 2.12 bits per heavy atom. The standard InChI is InChI=1S/C12H15BrClNOS/c13-11-7-9(1-2-12(11)14)8-15-10-3-5-17(16)6-4-10/h1-2,7,10,15H,3-6,8H2. The second-order valence-corrected chi connectivity index (χ2v) is 7.21. The first kappa shape index (κ1) is 13.5. The van der Waals surface area contributed by atoms with E-state index in [1.165, 1.54) is 5.56 Å². The summed E-state index contributed by atoms with van der Waals surface area (Å²) in [5, 5.41) is 4.24. The van der Waals surface area contributed by atoms with Crippen molar-refractivity contribution in [1.82, 2.24) is 5.32 Å². The SMILES string of the molecule is O=S1CCC(NCc2ccc(Cl)c(Br)c2)CC1. The zero-order chi connectivity index (χ0) is 12.3. The molecule has 17 heavy (non-hydrogen) atoms. The lowest BCUT2D eigenvalue weighted by Gasteiger charge is -2.22. The van der Waals surface area contributed by atoms with Gasteiger partial charge in [-0.1, -0.05) is 17.7 Å². The third kappa shape index (κ3) is 4.05. The number of hydrogen-bond acceptors (Lipinski definition) is 2. The van der Waals surface area contributed by atoms with Crippen LogP contribution in [0.1, 0.15) is 18.4 Å². The van der Waals surface area contributed by atoms with Crippen LogP contribution >= 0.6 is 27.5 Å². The summed E-state index contributed by atoms with van der Waals surface area (Å²) in [6.45, 7) is 0.840. The number of nitrogens with one attached hydrogen (secondary N) is 1. The van der Waals surface area contributed by atoms with Crippen LogP contribution in [0.2, 0.25) is 5.02 Å². The van der Waals surface area contributed by atoms with Gasteiger partial charge in [-0.3, -0.25) is 4.21 Å². The Balaban J connectivity index is 1.85. The molecule has 2 rings (SSSR count). The molecular weight excluding hydrogens is 322 g/mol. The summed E-state index contributed by atoms with van der Waals surface area (Å²) in [5.41, 5.74) is 1.22. The second-order valence-electron chi connectivity index (χ2n) is 4.25. The summed E-state index contributed by atoms with van der Waals surface area (Å²) in [5.74, 6) is 1.67. The van der Waals surface area contributed by atoms with Gasteiger partial charge >= 0.3 is 0 Å². The molecule has 0 unspecified atom stereocenters. The average molecular weight is 337 g/mol. The van der Waals surface area contributed by atoms with Crippen molar-refractivity contribution in [3.05, 3.63) is 33.3 Å². The van der Waals surface area contributed by atoms with E-state index in [1.54, 1.807) is 0 Å². The Bertz CT molecular complexity index is 417. The van der Waals surface area contributed by atoms with Crippen LogP contribution in [0.4, 0.5) is 0 Å². The van der Waals surface area contributed by atoms with Crippen LogP contribution in [0.5, 0.6) is 0 Å². The summed E-state index contributed by atoms with van der Waals surface area (Å²) in [6.07, 6.45) is 2.03. The minimum Gasteiger partial charge on any atom is -0.310 e. The highest BCUT2D eigenvalue weighted by atomic mass is 79.9. The molecule has 0 radical (unpaired) electrons. The lowest BCUT2D eigenvalue weighted by molar-refractivity contribution is 0.475. The first-order chi connectivity index (χ1) is 8.15. The molecule has 1 aromatic carbocycles. The molecule has 1 aliphatic heterocycles. The second kappa shape index (κ2) is 6.32. The summed E-state index contributed by atoms with van der Waals surface area (Å²) in [6, 6.07) is 6.47. The van der Waals surface area contributed by atoms with Crippen LogP contribution in [0.3, 0.4) is 0 Å². The first-order valence-corrected chi connectivity index (χ1v) is 8.33. The normalized spacial score (nSPS) is 24.8. The van der Waals surface area contributed by atoms with Gasteiger partial charge in [0.05, 0.1) is 5.02 Å². The van der Waals surface area contributed by atoms with Gasteiger partial charge in [-0.2, -0.15) is 0 Å². The van der Waals surface area contributed by atoms with Gasteiger partial charge in [0.25, 0.3) is 0 Å². The molecule has 5 heteroatoms. The van der Waals surface area contributed by atoms with Gasteiger partial charge in [-0.15, -0.1) is 0 Å². The minimum atomic E-state index is -0.581. The molecule has 1 saturated heterocycles. The molecule has 2 nitrogen and oxygen atoms in total. The van der Waals surface area contributed by atoms with E-state index in [2.05, 4.69) is 21.2 Å². The number of rotatable bonds is 3. The highest BCUT2D eigenvalue weighted by Gasteiger charge is 2.16. The van der Waals surface area contributed by atoms with E-state index in [1.807, 2.05) is 18.2 Å². The number of hydrogen-bond donors (Lipinski definition) is 1. The van der Waals surface area contributed by atoms with Crippen LogP contribution in [0, 0.1) is 0 Å². The van der Waals surface area contributed by atoms with Crippen molar-refractivity contribution < 1.29 is 4.21 Å². The van der Waals surface area contributed by atoms with Gasteiger partial charge < -0.3 is 5.32 Å². The third-order valence-corrected chi connectivity index (χ3v) is 5.56. The minimum absolute atomic E-state index is 0.502. The molecule has 1 aliphatic rings. The molecule has 1 heterocycles. The van der Waals surface area contributed by atoms with Gasteiger partial charge in [0, 0.05) is 39.4 Å². The topological polar surface area (TPSA) is 29.1 Å². The Hall–Kier alpha value is 0.1000. The van der Waals surface area contributed by atoms with Crippen LogP contribution in [-0.2, 0) is 17.3 Å². The van der Waals surface area contributed by atoms with Crippen molar-refractivity contribution in [3.63, 3.8) is 0 Å². The Morgan fingerprint density at radius 1 is 1.41 bits per heavy atom. The summed E-state index contributed by atoms with van der Waals surface area (Å²) in [4.78, 5) is 0. The predicted molar refractivity (Wildman–Crippen MR) is 76.9 cm³/mol. The van der Waals surface area contributed by atoms with Crippen LogP contribution < -0.4 is 5.32 Å². The number of benzene rings is 1. The molecule has 0 saturated carbocycles. The van der Waals surface area contributed by atoms with Gasteiger partial charge in [0.2, 0.25) is 0 Å². The van der Waals surface area contributed by atoms with Gasteiger partial charge in [0.1, 0.15) is 0 Å². The van der Waals surface area contributed by atoms with Crippen LogP contribution in [-0.4, -0.2) is 21.8 Å². The predicted octanol–water partition coefficient (Wildman–Crippen LogP) is 3.10. The average Bonchev–Trinajstić information content (AvgIpc) is 2.33. The Labute approximate surface area is 118 Å². The monoisotopic (exact) mass is 335 g/mol. The van der Waals surface area contributed by atoms with E-state index < -0.39 is 10.8 Å². The zero-order valence-electron chi connectivity index (χ0n) is 9.42. The summed E-state index contributed by atoms with van der Waals surface area (Å²) in [7, 11) is -0.581. The molecule has 1 fully saturated rings. The van der Waals surface area contributed by atoms with Crippen LogP contribution in [0.15, 0.2) is 22.7 Å². The van der Waals surface area contributed by atoms with E-state index in [-0.39, 0.29) is 0 Å². The van der Waals surface area contributed by atoms with E-state index >= 15 is 0 Å². The molecule has 1 N–H and O–H groups in total. The maximum atomic E-state index is 11.2. The van der Waals surface area contributed by atoms with E-state index in [4.69, 9.17) is 11.6 Å². The fourth-order valence-corrected chi connectivity index (χ4v) is 3.75. The Morgan fingerprint density at radius 3 is 2.76 bits per heavy atom. The molecule has 0 aliphatic carbocycles. The summed E-state index contributed by atoms with van der Waals surface area (Å²) < 4.78 is 12.2. The first-order valence-electron chi connectivity index (χ1n) is 5.67. The highest BCUT2D eigenvalue weighted by molar-refractivity contribution is 9.10. The molecular formula is C12H15BrClNOS. The van der Waals surface area contributed by atoms with Crippen molar-refractivity contribution >= 4 is 38.3 Å². The van der Waals surface area contributed by atoms with Crippen molar-refractivity contribution in [2.75, 3.05) is 11.5 Å². The highest BCUT2D eigenvalue weighted by Crippen LogP contribution is 2.23. The van der Waals surface area contributed by atoms with Gasteiger partial charge in [-0.05, 0) is 46.5 Å². The van der Waals surface area contributed by atoms with E-state index in [9.17, 15) is 4.21 Å². The quantitative estimate of drug-likeness (QED) is 0.919. The smallest absolute Gasteiger partial charge is 0.0548 e. The summed E-state index contributed by atoms with van der Waals surface area (Å²) >= 11 is 9.36. The molecule has 0 spiro atoms. The third-order valence-electron chi connectivity index (χ3n) is 2.97. The van der Waals surface area contributed by atoms with E-state index in [0.29, 0.717) is 6.04 Å². The molecule has 94 valence electrons. The molecule has 1 aromatic rings. The molecule has 0 atom stereocenters. The molecule has 0 bridgehead atoms.